The topological polar surface area (TPSA) is 49.4 Å². The van der Waals surface area contributed by atoms with Crippen LogP contribution in [0.4, 0.5) is 4.39 Å². The maximum absolute atomic E-state index is 13.3. The number of nitrogens with zero attached hydrogens (tertiary/aromatic N) is 1. The summed E-state index contributed by atoms with van der Waals surface area (Å²) >= 11 is 1.52. The lowest BCUT2D eigenvalue weighted by Crippen LogP contribution is -2.55. The van der Waals surface area contributed by atoms with Crippen molar-refractivity contribution in [1.82, 2.24) is 10.2 Å². The number of thiophene rings is 1. The minimum Gasteiger partial charge on any atom is -0.349 e. The van der Waals surface area contributed by atoms with Crippen LogP contribution in [0.25, 0.3) is 0 Å². The highest BCUT2D eigenvalue weighted by Gasteiger charge is 2.46. The highest BCUT2D eigenvalue weighted by atomic mass is 32.1. The molecule has 4 nitrogen and oxygen atoms in total. The Labute approximate surface area is 156 Å². The molecule has 6 heteroatoms. The summed E-state index contributed by atoms with van der Waals surface area (Å²) in [5.41, 5.74) is 1.38. The van der Waals surface area contributed by atoms with Crippen LogP contribution in [0.15, 0.2) is 41.1 Å². The Morgan fingerprint density at radius 2 is 1.92 bits per heavy atom. The van der Waals surface area contributed by atoms with Gasteiger partial charge >= 0.3 is 0 Å². The van der Waals surface area contributed by atoms with E-state index in [4.69, 9.17) is 0 Å². The summed E-state index contributed by atoms with van der Waals surface area (Å²) in [7, 11) is 0. The quantitative estimate of drug-likeness (QED) is 0.893. The van der Waals surface area contributed by atoms with Gasteiger partial charge in [-0.2, -0.15) is 11.3 Å². The first kappa shape index (κ1) is 17.2. The van der Waals surface area contributed by atoms with E-state index in [1.165, 1.54) is 23.5 Å². The SMILES string of the molecule is O=C(NC1CC2(CCN(C(=O)c3cccc(F)c3)CC2)C1)c1ccsc1. The summed E-state index contributed by atoms with van der Waals surface area (Å²) < 4.78 is 13.3. The Bertz CT molecular complexity index is 805. The van der Waals surface area contributed by atoms with Crippen molar-refractivity contribution < 1.29 is 14.0 Å². The molecule has 2 amide bonds. The molecule has 2 fully saturated rings. The summed E-state index contributed by atoms with van der Waals surface area (Å²) in [6.07, 6.45) is 3.84. The molecule has 1 saturated heterocycles. The first-order valence-electron chi connectivity index (χ1n) is 8.93. The number of carbonyl (C=O) groups excluding carboxylic acids is 2. The number of amides is 2. The molecule has 2 aliphatic rings. The molecule has 2 aromatic rings. The molecule has 136 valence electrons. The lowest BCUT2D eigenvalue weighted by atomic mass is 9.60. The highest BCUT2D eigenvalue weighted by Crippen LogP contribution is 2.49. The fraction of sp³-hybridized carbons (Fsp3) is 0.400. The molecule has 2 heterocycles. The van der Waals surface area contributed by atoms with Crippen molar-refractivity contribution in [3.63, 3.8) is 0 Å². The Morgan fingerprint density at radius 3 is 2.58 bits per heavy atom. The van der Waals surface area contributed by atoms with E-state index < -0.39 is 0 Å². The van der Waals surface area contributed by atoms with Crippen molar-refractivity contribution in [3.05, 3.63) is 58.0 Å². The molecular weight excluding hydrogens is 351 g/mol. The maximum Gasteiger partial charge on any atom is 0.253 e. The summed E-state index contributed by atoms with van der Waals surface area (Å²) in [5, 5.41) is 6.87. The number of carbonyl (C=O) groups is 2. The standard InChI is InChI=1S/C20H21FN2O2S/c21-16-3-1-2-14(10-16)19(25)23-7-5-20(6-8-23)11-17(12-20)22-18(24)15-4-9-26-13-15/h1-4,9-10,13,17H,5-8,11-12H2,(H,22,24). The largest absolute Gasteiger partial charge is 0.349 e. The lowest BCUT2D eigenvalue weighted by molar-refractivity contribution is 0.00862. The van der Waals surface area contributed by atoms with E-state index in [-0.39, 0.29) is 29.1 Å². The van der Waals surface area contributed by atoms with Gasteiger partial charge in [-0.1, -0.05) is 6.07 Å². The molecule has 0 atom stereocenters. The third kappa shape index (κ3) is 3.38. The van der Waals surface area contributed by atoms with Gasteiger partial charge < -0.3 is 10.2 Å². The van der Waals surface area contributed by atoms with Crippen molar-refractivity contribution in [2.45, 2.75) is 31.7 Å². The van der Waals surface area contributed by atoms with Crippen LogP contribution in [0.2, 0.25) is 0 Å². The first-order valence-corrected chi connectivity index (χ1v) is 9.87. The van der Waals surface area contributed by atoms with Gasteiger partial charge in [0.1, 0.15) is 5.82 Å². The zero-order chi connectivity index (χ0) is 18.1. The molecule has 0 radical (unpaired) electrons. The van der Waals surface area contributed by atoms with Gasteiger partial charge in [-0.3, -0.25) is 9.59 Å². The van der Waals surface area contributed by atoms with Gasteiger partial charge in [0.05, 0.1) is 0 Å². The van der Waals surface area contributed by atoms with Gasteiger partial charge in [0.15, 0.2) is 0 Å². The number of hydrogen-bond donors (Lipinski definition) is 1. The third-order valence-electron chi connectivity index (χ3n) is 5.66. The van der Waals surface area contributed by atoms with Crippen LogP contribution in [0.3, 0.4) is 0 Å². The first-order chi connectivity index (χ1) is 12.5. The minimum atomic E-state index is -0.382. The average molecular weight is 372 g/mol. The van der Waals surface area contributed by atoms with Gasteiger partial charge in [0.25, 0.3) is 11.8 Å². The molecule has 1 spiro atoms. The Kier molecular flexibility index (Phi) is 4.53. The normalized spacial score (nSPS) is 19.2. The fourth-order valence-corrected chi connectivity index (χ4v) is 4.78. The molecule has 1 N–H and O–H groups in total. The third-order valence-corrected chi connectivity index (χ3v) is 6.34. The highest BCUT2D eigenvalue weighted by molar-refractivity contribution is 7.08. The summed E-state index contributed by atoms with van der Waals surface area (Å²) in [6, 6.07) is 7.95. The van der Waals surface area contributed by atoms with E-state index in [0.717, 1.165) is 31.2 Å². The van der Waals surface area contributed by atoms with E-state index in [1.807, 2.05) is 21.7 Å². The Hall–Kier alpha value is -2.21. The lowest BCUT2D eigenvalue weighted by Gasteiger charge is -2.52. The van der Waals surface area contributed by atoms with Crippen LogP contribution in [0, 0.1) is 11.2 Å². The number of likely N-dealkylation sites (tertiary alicyclic amines) is 1. The second kappa shape index (κ2) is 6.83. The van der Waals surface area contributed by atoms with Crippen LogP contribution in [0.5, 0.6) is 0 Å². The van der Waals surface area contributed by atoms with Crippen molar-refractivity contribution >= 4 is 23.2 Å². The molecule has 1 saturated carbocycles. The Balaban J connectivity index is 1.28. The van der Waals surface area contributed by atoms with Gasteiger partial charge in [0.2, 0.25) is 0 Å². The number of nitrogens with one attached hydrogen (secondary N) is 1. The summed E-state index contributed by atoms with van der Waals surface area (Å²) in [6.45, 7) is 1.39. The van der Waals surface area contributed by atoms with E-state index in [9.17, 15) is 14.0 Å². The predicted octanol–water partition coefficient (Wildman–Crippen LogP) is 3.70. The van der Waals surface area contributed by atoms with Crippen molar-refractivity contribution in [3.8, 4) is 0 Å². The van der Waals surface area contributed by atoms with E-state index >= 15 is 0 Å². The van der Waals surface area contributed by atoms with Gasteiger partial charge in [-0.15, -0.1) is 0 Å². The number of piperidine rings is 1. The molecule has 26 heavy (non-hydrogen) atoms. The average Bonchev–Trinajstić information content (AvgIpc) is 3.15. The van der Waals surface area contributed by atoms with E-state index in [0.29, 0.717) is 18.7 Å². The second-order valence-corrected chi connectivity index (χ2v) is 8.17. The zero-order valence-electron chi connectivity index (χ0n) is 14.4. The zero-order valence-corrected chi connectivity index (χ0v) is 15.2. The van der Waals surface area contributed by atoms with Crippen LogP contribution in [-0.2, 0) is 0 Å². The number of rotatable bonds is 3. The summed E-state index contributed by atoms with van der Waals surface area (Å²) in [4.78, 5) is 26.4. The van der Waals surface area contributed by atoms with E-state index in [1.54, 1.807) is 12.1 Å². The number of hydrogen-bond acceptors (Lipinski definition) is 3. The molecule has 1 aliphatic carbocycles. The predicted molar refractivity (Wildman–Crippen MR) is 98.8 cm³/mol. The number of benzene rings is 1. The fourth-order valence-electron chi connectivity index (χ4n) is 4.15. The van der Waals surface area contributed by atoms with Crippen molar-refractivity contribution in [2.75, 3.05) is 13.1 Å². The molecule has 4 rings (SSSR count). The van der Waals surface area contributed by atoms with Crippen LogP contribution in [0.1, 0.15) is 46.4 Å². The molecule has 1 aliphatic heterocycles. The van der Waals surface area contributed by atoms with Gasteiger partial charge in [0, 0.05) is 35.6 Å². The maximum atomic E-state index is 13.3. The van der Waals surface area contributed by atoms with Crippen LogP contribution < -0.4 is 5.32 Å². The van der Waals surface area contributed by atoms with E-state index in [2.05, 4.69) is 5.32 Å². The van der Waals surface area contributed by atoms with Crippen LogP contribution in [-0.4, -0.2) is 35.8 Å². The smallest absolute Gasteiger partial charge is 0.253 e. The molecule has 0 unspecified atom stereocenters. The van der Waals surface area contributed by atoms with Gasteiger partial charge in [-0.05, 0) is 60.7 Å². The summed E-state index contributed by atoms with van der Waals surface area (Å²) in [5.74, 6) is -0.474. The molecule has 1 aromatic heterocycles. The molecule has 1 aromatic carbocycles. The van der Waals surface area contributed by atoms with Crippen molar-refractivity contribution in [1.29, 1.82) is 0 Å². The minimum absolute atomic E-state index is 0.00446. The molecule has 0 bridgehead atoms. The monoisotopic (exact) mass is 372 g/mol. The second-order valence-electron chi connectivity index (χ2n) is 7.39. The molecular formula is C20H21FN2O2S. The van der Waals surface area contributed by atoms with Gasteiger partial charge in [-0.25, -0.2) is 4.39 Å². The number of halogens is 1. The Morgan fingerprint density at radius 1 is 1.15 bits per heavy atom. The van der Waals surface area contributed by atoms with Crippen LogP contribution >= 0.6 is 11.3 Å². The van der Waals surface area contributed by atoms with Crippen molar-refractivity contribution in [2.24, 2.45) is 5.41 Å².